The summed E-state index contributed by atoms with van der Waals surface area (Å²) in [5, 5.41) is 9.72. The molecule has 1 aromatic rings. The Labute approximate surface area is 102 Å². The Kier molecular flexibility index (Phi) is 3.88. The van der Waals surface area contributed by atoms with Crippen molar-refractivity contribution < 1.29 is 27.8 Å². The number of carbonyl (C=O) groups excluding carboxylic acids is 1. The molecule has 0 aliphatic heterocycles. The summed E-state index contributed by atoms with van der Waals surface area (Å²) >= 11 is 0. The maximum absolute atomic E-state index is 12.8. The second-order valence-electron chi connectivity index (χ2n) is 3.81. The fourth-order valence-electron chi connectivity index (χ4n) is 1.53. The Morgan fingerprint density at radius 1 is 1.39 bits per heavy atom. The zero-order chi connectivity index (χ0) is 14.1. The molecule has 0 saturated heterocycles. The van der Waals surface area contributed by atoms with Crippen LogP contribution in [0.3, 0.4) is 0 Å². The number of benzene rings is 1. The molecule has 18 heavy (non-hydrogen) atoms. The predicted molar refractivity (Wildman–Crippen MR) is 58.5 cm³/mol. The first-order valence-electron chi connectivity index (χ1n) is 5.27. The van der Waals surface area contributed by atoms with Gasteiger partial charge in [-0.3, -0.25) is 0 Å². The second-order valence-corrected chi connectivity index (χ2v) is 3.81. The molecule has 3 nitrogen and oxygen atoms in total. The van der Waals surface area contributed by atoms with Gasteiger partial charge in [0.2, 0.25) is 0 Å². The highest BCUT2D eigenvalue weighted by molar-refractivity contribution is 5.95. The Hall–Kier alpha value is -1.72. The molecule has 0 amide bonds. The van der Waals surface area contributed by atoms with Gasteiger partial charge in [-0.25, -0.2) is 4.79 Å². The van der Waals surface area contributed by atoms with E-state index in [4.69, 9.17) is 0 Å². The fourth-order valence-corrected chi connectivity index (χ4v) is 1.53. The topological polar surface area (TPSA) is 46.5 Å². The van der Waals surface area contributed by atoms with Crippen LogP contribution in [0, 0.1) is 13.8 Å². The molecule has 1 N–H and O–H groups in total. The molecule has 0 unspecified atom stereocenters. The molecule has 0 atom stereocenters. The molecule has 0 bridgehead atoms. The van der Waals surface area contributed by atoms with E-state index >= 15 is 0 Å². The predicted octanol–water partition coefficient (Wildman–Crippen LogP) is 3.20. The van der Waals surface area contributed by atoms with Crippen molar-refractivity contribution in [3.63, 3.8) is 0 Å². The standard InChI is InChI=1S/C12H13F3O3/c1-4-18-11(17)9-8(12(13,14)15)5-6(2)7(3)10(9)16/h5,16H,4H2,1-3H3. The maximum Gasteiger partial charge on any atom is 0.417 e. The Balaban J connectivity index is 3.55. The molecule has 100 valence electrons. The van der Waals surface area contributed by atoms with Gasteiger partial charge in [-0.2, -0.15) is 13.2 Å². The molecule has 0 radical (unpaired) electrons. The number of hydrogen-bond acceptors (Lipinski definition) is 3. The van der Waals surface area contributed by atoms with Crippen molar-refractivity contribution in [1.29, 1.82) is 0 Å². The Bertz CT molecular complexity index is 478. The quantitative estimate of drug-likeness (QED) is 0.832. The minimum atomic E-state index is -4.72. The molecule has 1 rings (SSSR count). The Morgan fingerprint density at radius 2 is 1.94 bits per heavy atom. The minimum Gasteiger partial charge on any atom is -0.507 e. The first-order valence-corrected chi connectivity index (χ1v) is 5.27. The van der Waals surface area contributed by atoms with E-state index in [-0.39, 0.29) is 17.7 Å². The van der Waals surface area contributed by atoms with E-state index in [1.165, 1.54) is 20.8 Å². The third kappa shape index (κ3) is 2.57. The number of phenols is 1. The molecule has 0 aliphatic carbocycles. The van der Waals surface area contributed by atoms with Gasteiger partial charge in [-0.1, -0.05) is 0 Å². The van der Waals surface area contributed by atoms with Crippen LogP contribution in [0.4, 0.5) is 13.2 Å². The lowest BCUT2D eigenvalue weighted by molar-refractivity contribution is -0.138. The molecular formula is C12H13F3O3. The number of ether oxygens (including phenoxy) is 1. The summed E-state index contributed by atoms with van der Waals surface area (Å²) < 4.78 is 43.0. The van der Waals surface area contributed by atoms with Gasteiger partial charge in [0.15, 0.2) is 0 Å². The van der Waals surface area contributed by atoms with Gasteiger partial charge in [0.1, 0.15) is 11.3 Å². The number of phenolic OH excluding ortho intramolecular Hbond substituents is 1. The van der Waals surface area contributed by atoms with Gasteiger partial charge >= 0.3 is 12.1 Å². The summed E-state index contributed by atoms with van der Waals surface area (Å²) in [4.78, 5) is 11.5. The summed E-state index contributed by atoms with van der Waals surface area (Å²) in [5.41, 5.74) is -1.52. The molecule has 0 spiro atoms. The average molecular weight is 262 g/mol. The number of esters is 1. The first-order chi connectivity index (χ1) is 8.20. The second kappa shape index (κ2) is 4.88. The van der Waals surface area contributed by atoms with Crippen molar-refractivity contribution in [2.24, 2.45) is 0 Å². The number of alkyl halides is 3. The van der Waals surface area contributed by atoms with E-state index in [2.05, 4.69) is 4.74 Å². The van der Waals surface area contributed by atoms with Gasteiger partial charge in [-0.15, -0.1) is 0 Å². The van der Waals surface area contributed by atoms with Crippen molar-refractivity contribution in [1.82, 2.24) is 0 Å². The molecule has 0 saturated carbocycles. The average Bonchev–Trinajstić information content (AvgIpc) is 2.24. The third-order valence-electron chi connectivity index (χ3n) is 2.60. The zero-order valence-electron chi connectivity index (χ0n) is 10.2. The third-order valence-corrected chi connectivity index (χ3v) is 2.60. The van der Waals surface area contributed by atoms with E-state index in [0.29, 0.717) is 0 Å². The summed E-state index contributed by atoms with van der Waals surface area (Å²) in [6, 6.07) is 0.835. The highest BCUT2D eigenvalue weighted by Crippen LogP contribution is 2.39. The SMILES string of the molecule is CCOC(=O)c1c(C(F)(F)F)cc(C)c(C)c1O. The molecule has 0 fully saturated rings. The first kappa shape index (κ1) is 14.3. The zero-order valence-corrected chi connectivity index (χ0v) is 10.2. The van der Waals surface area contributed by atoms with Crippen LogP contribution in [0.5, 0.6) is 5.75 Å². The van der Waals surface area contributed by atoms with Crippen LogP contribution in [0.25, 0.3) is 0 Å². The van der Waals surface area contributed by atoms with Gasteiger partial charge in [0, 0.05) is 0 Å². The molecule has 1 aromatic carbocycles. The van der Waals surface area contributed by atoms with Crippen LogP contribution in [-0.2, 0) is 10.9 Å². The van der Waals surface area contributed by atoms with Crippen LogP contribution >= 0.6 is 0 Å². The highest BCUT2D eigenvalue weighted by atomic mass is 19.4. The van der Waals surface area contributed by atoms with Gasteiger partial charge < -0.3 is 9.84 Å². The number of carbonyl (C=O) groups is 1. The van der Waals surface area contributed by atoms with E-state index in [0.717, 1.165) is 6.07 Å². The van der Waals surface area contributed by atoms with Crippen molar-refractivity contribution >= 4 is 5.97 Å². The lowest BCUT2D eigenvalue weighted by Gasteiger charge is -2.16. The lowest BCUT2D eigenvalue weighted by atomic mass is 9.98. The number of halogens is 3. The number of aromatic hydroxyl groups is 1. The highest BCUT2D eigenvalue weighted by Gasteiger charge is 2.38. The summed E-state index contributed by atoms with van der Waals surface area (Å²) in [6.45, 7) is 4.28. The van der Waals surface area contributed by atoms with Crippen LogP contribution in [0.15, 0.2) is 6.07 Å². The molecule has 6 heteroatoms. The minimum absolute atomic E-state index is 0.0670. The number of hydrogen-bond donors (Lipinski definition) is 1. The van der Waals surface area contributed by atoms with E-state index in [9.17, 15) is 23.1 Å². The summed E-state index contributed by atoms with van der Waals surface area (Å²) in [6.07, 6.45) is -4.72. The largest absolute Gasteiger partial charge is 0.507 e. The van der Waals surface area contributed by atoms with Crippen LogP contribution in [0.2, 0.25) is 0 Å². The van der Waals surface area contributed by atoms with Gasteiger partial charge in [0.05, 0.1) is 12.2 Å². The van der Waals surface area contributed by atoms with Crippen molar-refractivity contribution in [2.75, 3.05) is 6.61 Å². The van der Waals surface area contributed by atoms with Crippen LogP contribution in [-0.4, -0.2) is 17.7 Å². The van der Waals surface area contributed by atoms with Crippen LogP contribution < -0.4 is 0 Å². The van der Waals surface area contributed by atoms with Crippen molar-refractivity contribution in [3.05, 3.63) is 28.3 Å². The van der Waals surface area contributed by atoms with Crippen molar-refractivity contribution in [3.8, 4) is 5.75 Å². The molecule has 0 aromatic heterocycles. The van der Waals surface area contributed by atoms with Gasteiger partial charge in [0.25, 0.3) is 0 Å². The summed E-state index contributed by atoms with van der Waals surface area (Å²) in [5.74, 6) is -1.86. The van der Waals surface area contributed by atoms with E-state index in [1.807, 2.05) is 0 Å². The van der Waals surface area contributed by atoms with Crippen molar-refractivity contribution in [2.45, 2.75) is 26.9 Å². The molecule has 0 aliphatic rings. The maximum atomic E-state index is 12.8. The monoisotopic (exact) mass is 262 g/mol. The Morgan fingerprint density at radius 3 is 2.39 bits per heavy atom. The fraction of sp³-hybridized carbons (Fsp3) is 0.417. The van der Waals surface area contributed by atoms with E-state index < -0.39 is 29.0 Å². The van der Waals surface area contributed by atoms with Gasteiger partial charge in [-0.05, 0) is 38.0 Å². The smallest absolute Gasteiger partial charge is 0.417 e. The van der Waals surface area contributed by atoms with E-state index in [1.54, 1.807) is 0 Å². The normalized spacial score (nSPS) is 11.4. The molecular weight excluding hydrogens is 249 g/mol. The van der Waals surface area contributed by atoms with Crippen LogP contribution in [0.1, 0.15) is 34.0 Å². The number of aryl methyl sites for hydroxylation is 1. The number of rotatable bonds is 2. The molecule has 0 heterocycles. The summed E-state index contributed by atoms with van der Waals surface area (Å²) in [7, 11) is 0. The lowest BCUT2D eigenvalue weighted by Crippen LogP contribution is -2.16.